The van der Waals surface area contributed by atoms with Gasteiger partial charge in [-0.25, -0.2) is 15.8 Å². The summed E-state index contributed by atoms with van der Waals surface area (Å²) in [6.07, 6.45) is -4.66. The number of alkyl halides is 5. The number of nitrogen functional groups attached to an aromatic ring is 1. The van der Waals surface area contributed by atoms with E-state index in [1.807, 2.05) is 5.43 Å². The third kappa shape index (κ3) is 2.89. The van der Waals surface area contributed by atoms with Gasteiger partial charge in [0.15, 0.2) is 0 Å². The van der Waals surface area contributed by atoms with Crippen LogP contribution in [0.1, 0.15) is 28.7 Å². The third-order valence-electron chi connectivity index (χ3n) is 3.89. The van der Waals surface area contributed by atoms with Crippen molar-refractivity contribution in [2.45, 2.75) is 19.0 Å². The van der Waals surface area contributed by atoms with E-state index in [4.69, 9.17) is 5.84 Å². The van der Waals surface area contributed by atoms with Gasteiger partial charge < -0.3 is 0 Å². The van der Waals surface area contributed by atoms with Gasteiger partial charge in [-0.3, -0.25) is 14.6 Å². The van der Waals surface area contributed by atoms with Crippen LogP contribution in [0, 0.1) is 0 Å². The highest BCUT2D eigenvalue weighted by atomic mass is 19.4. The van der Waals surface area contributed by atoms with Gasteiger partial charge in [-0.2, -0.15) is 22.0 Å². The molecule has 0 bridgehead atoms. The average Bonchev–Trinajstić information content (AvgIpc) is 3.03. The van der Waals surface area contributed by atoms with Crippen molar-refractivity contribution >= 4 is 28.2 Å². The molecule has 3 aromatic heterocycles. The van der Waals surface area contributed by atoms with Gasteiger partial charge in [0.05, 0.1) is 5.69 Å². The summed E-state index contributed by atoms with van der Waals surface area (Å²) in [6.45, 7) is 4.97. The lowest BCUT2D eigenvalue weighted by Gasteiger charge is -2.22. The van der Waals surface area contributed by atoms with Gasteiger partial charge in [-0.05, 0) is 30.7 Å². The minimum Gasteiger partial charge on any atom is -0.289 e. The van der Waals surface area contributed by atoms with Crippen molar-refractivity contribution in [1.29, 1.82) is 0 Å². The molecule has 3 heterocycles. The van der Waals surface area contributed by atoms with Crippen molar-refractivity contribution in [2.24, 2.45) is 5.84 Å². The summed E-state index contributed by atoms with van der Waals surface area (Å²) in [5, 5.41) is -0.438. The van der Waals surface area contributed by atoms with E-state index in [0.717, 1.165) is 16.7 Å². The Morgan fingerprint density at radius 3 is 2.41 bits per heavy atom. The SMILES string of the molecule is C=C(C)c1cc(C(F)(F)C(F)(F)F)c2ccc3nc(C(=O)NN)cn3c2n1. The van der Waals surface area contributed by atoms with E-state index in [0.29, 0.717) is 6.07 Å². The number of carbonyl (C=O) groups is 1. The molecule has 27 heavy (non-hydrogen) atoms. The Kier molecular flexibility index (Phi) is 4.14. The fourth-order valence-electron chi connectivity index (χ4n) is 2.54. The Hall–Kier alpha value is -3.08. The van der Waals surface area contributed by atoms with Crippen LogP contribution in [-0.4, -0.2) is 26.5 Å². The minimum absolute atomic E-state index is 0.119. The number of aromatic nitrogens is 3. The Labute approximate surface area is 148 Å². The van der Waals surface area contributed by atoms with Gasteiger partial charge in [-0.15, -0.1) is 0 Å². The number of rotatable bonds is 3. The van der Waals surface area contributed by atoms with Gasteiger partial charge >= 0.3 is 12.1 Å². The van der Waals surface area contributed by atoms with Crippen LogP contribution in [0.15, 0.2) is 31.0 Å². The number of fused-ring (bicyclic) bond motifs is 3. The zero-order chi connectivity index (χ0) is 20.1. The number of allylic oxidation sites excluding steroid dienone is 1. The summed E-state index contributed by atoms with van der Waals surface area (Å²) in [5.74, 6) is -0.850. The summed E-state index contributed by atoms with van der Waals surface area (Å²) in [7, 11) is 0. The molecule has 0 aromatic carbocycles. The summed E-state index contributed by atoms with van der Waals surface area (Å²) in [4.78, 5) is 19.7. The van der Waals surface area contributed by atoms with Gasteiger partial charge in [-0.1, -0.05) is 6.58 Å². The van der Waals surface area contributed by atoms with Gasteiger partial charge in [0.2, 0.25) is 0 Å². The van der Waals surface area contributed by atoms with E-state index in [1.165, 1.54) is 13.0 Å². The first kappa shape index (κ1) is 18.7. The van der Waals surface area contributed by atoms with E-state index in [-0.39, 0.29) is 28.3 Å². The summed E-state index contributed by atoms with van der Waals surface area (Å²) in [5.41, 5.74) is 0.371. The van der Waals surface area contributed by atoms with Crippen LogP contribution in [0.25, 0.3) is 22.3 Å². The molecule has 0 atom stereocenters. The topological polar surface area (TPSA) is 85.3 Å². The van der Waals surface area contributed by atoms with Crippen LogP contribution in [-0.2, 0) is 5.92 Å². The Morgan fingerprint density at radius 1 is 1.19 bits per heavy atom. The minimum atomic E-state index is -5.80. The molecule has 1 amide bonds. The molecule has 6 nitrogen and oxygen atoms in total. The number of carbonyl (C=O) groups excluding carboxylic acids is 1. The van der Waals surface area contributed by atoms with Gasteiger partial charge in [0.25, 0.3) is 5.91 Å². The van der Waals surface area contributed by atoms with Crippen LogP contribution in [0.4, 0.5) is 22.0 Å². The Morgan fingerprint density at radius 2 is 1.85 bits per heavy atom. The zero-order valence-electron chi connectivity index (χ0n) is 13.7. The highest BCUT2D eigenvalue weighted by molar-refractivity contribution is 5.93. The zero-order valence-corrected chi connectivity index (χ0v) is 13.7. The van der Waals surface area contributed by atoms with Crippen LogP contribution in [0.5, 0.6) is 0 Å². The van der Waals surface area contributed by atoms with E-state index in [9.17, 15) is 26.7 Å². The fourth-order valence-corrected chi connectivity index (χ4v) is 2.54. The van der Waals surface area contributed by atoms with Crippen LogP contribution < -0.4 is 11.3 Å². The Bertz CT molecular complexity index is 1090. The largest absolute Gasteiger partial charge is 0.458 e. The van der Waals surface area contributed by atoms with Crippen LogP contribution in [0.3, 0.4) is 0 Å². The number of hydrazine groups is 1. The lowest BCUT2D eigenvalue weighted by molar-refractivity contribution is -0.288. The van der Waals surface area contributed by atoms with E-state index in [2.05, 4.69) is 16.5 Å². The maximum atomic E-state index is 14.1. The standard InChI is InChI=1S/C16H12F5N5O/c1-7(2)10-5-9(15(17,18)16(19,20)21)8-3-4-12-23-11(14(27)25-22)6-26(12)13(8)24-10/h3-6H,1,22H2,2H3,(H,25,27). The van der Waals surface area contributed by atoms with Crippen LogP contribution in [0.2, 0.25) is 0 Å². The summed E-state index contributed by atoms with van der Waals surface area (Å²) < 4.78 is 68.3. The molecule has 0 aliphatic carbocycles. The molecule has 0 aliphatic rings. The molecule has 3 aromatic rings. The molecule has 3 rings (SSSR count). The highest BCUT2D eigenvalue weighted by Gasteiger charge is 2.59. The number of hydrogen-bond acceptors (Lipinski definition) is 4. The molecule has 0 saturated heterocycles. The number of pyridine rings is 2. The number of amides is 1. The lowest BCUT2D eigenvalue weighted by Crippen LogP contribution is -2.34. The molecule has 0 saturated carbocycles. The van der Waals surface area contributed by atoms with Crippen molar-refractivity contribution in [3.05, 3.63) is 47.9 Å². The molecule has 0 radical (unpaired) electrons. The number of imidazole rings is 1. The number of hydrogen-bond donors (Lipinski definition) is 2. The van der Waals surface area contributed by atoms with E-state index in [1.54, 1.807) is 0 Å². The first-order valence-corrected chi connectivity index (χ1v) is 7.42. The smallest absolute Gasteiger partial charge is 0.289 e. The average molecular weight is 385 g/mol. The maximum Gasteiger partial charge on any atom is 0.458 e. The Balaban J connectivity index is 2.43. The van der Waals surface area contributed by atoms with E-state index >= 15 is 0 Å². The predicted octanol–water partition coefficient (Wildman–Crippen LogP) is 3.17. The van der Waals surface area contributed by atoms with Gasteiger partial charge in [0, 0.05) is 17.1 Å². The number of halogens is 5. The van der Waals surface area contributed by atoms with Crippen molar-refractivity contribution in [3.63, 3.8) is 0 Å². The molecule has 3 N–H and O–H groups in total. The van der Waals surface area contributed by atoms with Gasteiger partial charge in [0.1, 0.15) is 17.0 Å². The fraction of sp³-hybridized carbons (Fsp3) is 0.188. The number of nitrogens with zero attached hydrogens (tertiary/aromatic N) is 3. The lowest BCUT2D eigenvalue weighted by atomic mass is 10.0. The molecule has 0 spiro atoms. The van der Waals surface area contributed by atoms with Crippen molar-refractivity contribution < 1.29 is 26.7 Å². The molecule has 0 fully saturated rings. The first-order chi connectivity index (χ1) is 12.5. The third-order valence-corrected chi connectivity index (χ3v) is 3.89. The first-order valence-electron chi connectivity index (χ1n) is 7.42. The van der Waals surface area contributed by atoms with Crippen molar-refractivity contribution in [2.75, 3.05) is 0 Å². The molecule has 142 valence electrons. The highest BCUT2D eigenvalue weighted by Crippen LogP contribution is 2.46. The molecular formula is C16H12F5N5O. The molecule has 0 aliphatic heterocycles. The van der Waals surface area contributed by atoms with Crippen LogP contribution >= 0.6 is 0 Å². The van der Waals surface area contributed by atoms with E-state index < -0.39 is 29.0 Å². The predicted molar refractivity (Wildman–Crippen MR) is 86.8 cm³/mol. The monoisotopic (exact) mass is 385 g/mol. The second-order valence-corrected chi connectivity index (χ2v) is 5.81. The number of nitrogens with one attached hydrogen (secondary N) is 1. The molecule has 11 heteroatoms. The molecule has 0 unspecified atom stereocenters. The second-order valence-electron chi connectivity index (χ2n) is 5.81. The quantitative estimate of drug-likeness (QED) is 0.314. The summed E-state index contributed by atoms with van der Waals surface area (Å²) >= 11 is 0. The van der Waals surface area contributed by atoms with Crippen molar-refractivity contribution in [1.82, 2.24) is 19.8 Å². The number of nitrogens with two attached hydrogens (primary N) is 1. The maximum absolute atomic E-state index is 14.1. The summed E-state index contributed by atoms with van der Waals surface area (Å²) in [6, 6.07) is 2.91. The van der Waals surface area contributed by atoms with Crippen molar-refractivity contribution in [3.8, 4) is 0 Å². The normalized spacial score (nSPS) is 12.6. The second kappa shape index (κ2) is 5.98. The molecular weight excluding hydrogens is 373 g/mol.